The van der Waals surface area contributed by atoms with Gasteiger partial charge in [-0.2, -0.15) is 13.2 Å². The fourth-order valence-electron chi connectivity index (χ4n) is 2.07. The molecule has 0 unspecified atom stereocenters. The first-order valence-electron chi connectivity index (χ1n) is 7.39. The number of aliphatic imine (C=N–C) groups is 1. The van der Waals surface area contributed by atoms with Crippen molar-refractivity contribution >= 4 is 41.3 Å². The zero-order valence-corrected chi connectivity index (χ0v) is 17.0. The molecule has 0 radical (unpaired) electrons. The van der Waals surface area contributed by atoms with E-state index < -0.39 is 11.7 Å². The lowest BCUT2D eigenvalue weighted by atomic mass is 10.1. The van der Waals surface area contributed by atoms with Gasteiger partial charge >= 0.3 is 6.18 Å². The fraction of sp³-hybridized carbons (Fsp3) is 0.375. The number of aromatic nitrogens is 1. The zero-order valence-electron chi connectivity index (χ0n) is 13.9. The molecule has 2 aromatic rings. The first kappa shape index (κ1) is 21.7. The van der Waals surface area contributed by atoms with Crippen LogP contribution in [0.25, 0.3) is 0 Å². The number of halogens is 4. The topological polar surface area (TPSA) is 49.3 Å². The van der Waals surface area contributed by atoms with E-state index in [1.165, 1.54) is 12.1 Å². The Morgan fingerprint density at radius 3 is 2.40 bits per heavy atom. The van der Waals surface area contributed by atoms with E-state index in [2.05, 4.69) is 20.6 Å². The number of guanidine groups is 1. The van der Waals surface area contributed by atoms with E-state index in [9.17, 15) is 13.2 Å². The first-order valence-corrected chi connectivity index (χ1v) is 8.27. The van der Waals surface area contributed by atoms with Gasteiger partial charge in [-0.15, -0.1) is 35.3 Å². The summed E-state index contributed by atoms with van der Waals surface area (Å²) in [6.45, 7) is 3.16. The number of alkyl halides is 3. The van der Waals surface area contributed by atoms with Crippen molar-refractivity contribution < 1.29 is 13.2 Å². The number of thiazole rings is 1. The van der Waals surface area contributed by atoms with Gasteiger partial charge in [0.2, 0.25) is 0 Å². The van der Waals surface area contributed by atoms with Crippen molar-refractivity contribution in [1.82, 2.24) is 15.6 Å². The lowest BCUT2D eigenvalue weighted by Crippen LogP contribution is -2.37. The van der Waals surface area contributed by atoms with E-state index in [1.807, 2.05) is 6.92 Å². The van der Waals surface area contributed by atoms with Gasteiger partial charge in [0, 0.05) is 18.5 Å². The van der Waals surface area contributed by atoms with Crippen molar-refractivity contribution in [3.63, 3.8) is 0 Å². The van der Waals surface area contributed by atoms with Crippen LogP contribution in [0.4, 0.5) is 13.2 Å². The van der Waals surface area contributed by atoms with Gasteiger partial charge < -0.3 is 10.6 Å². The maximum absolute atomic E-state index is 12.5. The molecular weight excluding hydrogens is 464 g/mol. The minimum Gasteiger partial charge on any atom is -0.356 e. The Kier molecular flexibility index (Phi) is 8.63. The molecular formula is C16H20F3IN4S. The molecule has 0 aliphatic carbocycles. The lowest BCUT2D eigenvalue weighted by molar-refractivity contribution is -0.137. The quantitative estimate of drug-likeness (QED) is 0.384. The Balaban J connectivity index is 0.00000312. The average Bonchev–Trinajstić information content (AvgIpc) is 2.95. The van der Waals surface area contributed by atoms with Gasteiger partial charge in [0.15, 0.2) is 5.96 Å². The van der Waals surface area contributed by atoms with Crippen LogP contribution >= 0.6 is 35.3 Å². The number of benzene rings is 1. The molecule has 138 valence electrons. The second kappa shape index (κ2) is 9.95. The molecule has 9 heteroatoms. The summed E-state index contributed by atoms with van der Waals surface area (Å²) in [6, 6.07) is 5.21. The van der Waals surface area contributed by atoms with Crippen LogP contribution in [-0.4, -0.2) is 24.5 Å². The number of nitrogens with one attached hydrogen (secondary N) is 2. The van der Waals surface area contributed by atoms with E-state index in [1.54, 1.807) is 23.9 Å². The Labute approximate surface area is 166 Å². The van der Waals surface area contributed by atoms with Crippen LogP contribution in [0.5, 0.6) is 0 Å². The Hall–Kier alpha value is -1.36. The predicted molar refractivity (Wildman–Crippen MR) is 106 cm³/mol. The fourth-order valence-corrected chi connectivity index (χ4v) is 2.78. The standard InChI is InChI=1S/C16H19F3N4S.HI/c1-11-14(24-10-23-11)9-22-15(20-2)21-8-7-12-3-5-13(6-4-12)16(17,18)19;/h3-6,10H,7-9H2,1-2H3,(H2,20,21,22);1H. The van der Waals surface area contributed by atoms with Crippen LogP contribution in [-0.2, 0) is 19.1 Å². The largest absolute Gasteiger partial charge is 0.416 e. The molecule has 0 spiro atoms. The molecule has 25 heavy (non-hydrogen) atoms. The van der Waals surface area contributed by atoms with Gasteiger partial charge in [-0.1, -0.05) is 12.1 Å². The van der Waals surface area contributed by atoms with Crippen molar-refractivity contribution in [3.8, 4) is 0 Å². The minimum absolute atomic E-state index is 0. The summed E-state index contributed by atoms with van der Waals surface area (Å²) in [4.78, 5) is 9.45. The smallest absolute Gasteiger partial charge is 0.356 e. The highest BCUT2D eigenvalue weighted by Gasteiger charge is 2.29. The molecule has 0 aliphatic rings. The maximum atomic E-state index is 12.5. The summed E-state index contributed by atoms with van der Waals surface area (Å²) in [5.41, 5.74) is 3.00. The van der Waals surface area contributed by atoms with E-state index in [-0.39, 0.29) is 24.0 Å². The summed E-state index contributed by atoms with van der Waals surface area (Å²) in [5.74, 6) is 0.648. The van der Waals surface area contributed by atoms with E-state index in [0.29, 0.717) is 25.5 Å². The Morgan fingerprint density at radius 1 is 1.20 bits per heavy atom. The lowest BCUT2D eigenvalue weighted by Gasteiger charge is -2.12. The molecule has 2 N–H and O–H groups in total. The molecule has 1 aromatic carbocycles. The van der Waals surface area contributed by atoms with Crippen molar-refractivity contribution in [1.29, 1.82) is 0 Å². The van der Waals surface area contributed by atoms with Crippen molar-refractivity contribution in [2.24, 2.45) is 4.99 Å². The van der Waals surface area contributed by atoms with Crippen molar-refractivity contribution in [3.05, 3.63) is 51.5 Å². The monoisotopic (exact) mass is 484 g/mol. The molecule has 0 amide bonds. The highest BCUT2D eigenvalue weighted by atomic mass is 127. The third-order valence-electron chi connectivity index (χ3n) is 3.47. The van der Waals surface area contributed by atoms with E-state index in [0.717, 1.165) is 28.3 Å². The van der Waals surface area contributed by atoms with E-state index in [4.69, 9.17) is 0 Å². The van der Waals surface area contributed by atoms with Gasteiger partial charge in [0.1, 0.15) is 0 Å². The zero-order chi connectivity index (χ0) is 17.6. The molecule has 0 atom stereocenters. The van der Waals surface area contributed by atoms with Crippen molar-refractivity contribution in [2.75, 3.05) is 13.6 Å². The van der Waals surface area contributed by atoms with Gasteiger partial charge in [-0.05, 0) is 31.0 Å². The number of aryl methyl sites for hydroxylation is 1. The van der Waals surface area contributed by atoms with Crippen LogP contribution in [0, 0.1) is 6.92 Å². The van der Waals surface area contributed by atoms with E-state index >= 15 is 0 Å². The van der Waals surface area contributed by atoms with Crippen LogP contribution in [0.1, 0.15) is 21.7 Å². The summed E-state index contributed by atoms with van der Waals surface area (Å²) < 4.78 is 37.5. The third kappa shape index (κ3) is 6.81. The minimum atomic E-state index is -4.29. The molecule has 1 heterocycles. The molecule has 0 bridgehead atoms. The van der Waals surface area contributed by atoms with Gasteiger partial charge in [-0.3, -0.25) is 4.99 Å². The van der Waals surface area contributed by atoms with Crippen LogP contribution in [0.15, 0.2) is 34.8 Å². The SMILES string of the molecule is CN=C(NCCc1ccc(C(F)(F)F)cc1)NCc1scnc1C.I. The van der Waals surface area contributed by atoms with Crippen LogP contribution in [0.3, 0.4) is 0 Å². The number of hydrogen-bond donors (Lipinski definition) is 2. The second-order valence-corrected chi connectivity index (χ2v) is 6.10. The molecule has 0 saturated carbocycles. The maximum Gasteiger partial charge on any atom is 0.416 e. The number of rotatable bonds is 5. The molecule has 4 nitrogen and oxygen atoms in total. The van der Waals surface area contributed by atoms with Crippen molar-refractivity contribution in [2.45, 2.75) is 26.1 Å². The van der Waals surface area contributed by atoms with Gasteiger partial charge in [0.05, 0.1) is 23.3 Å². The van der Waals surface area contributed by atoms with Crippen LogP contribution in [0.2, 0.25) is 0 Å². The normalized spacial score (nSPS) is 11.8. The summed E-state index contributed by atoms with van der Waals surface area (Å²) >= 11 is 1.58. The van der Waals surface area contributed by atoms with Crippen LogP contribution < -0.4 is 10.6 Å². The second-order valence-electron chi connectivity index (χ2n) is 5.16. The molecule has 0 fully saturated rings. The highest BCUT2D eigenvalue weighted by Crippen LogP contribution is 2.29. The summed E-state index contributed by atoms with van der Waals surface area (Å²) in [6.07, 6.45) is -3.68. The molecule has 0 saturated heterocycles. The highest BCUT2D eigenvalue weighted by molar-refractivity contribution is 14.0. The third-order valence-corrected chi connectivity index (χ3v) is 4.41. The average molecular weight is 484 g/mol. The number of nitrogens with zero attached hydrogens (tertiary/aromatic N) is 2. The molecule has 0 aliphatic heterocycles. The van der Waals surface area contributed by atoms with Gasteiger partial charge in [0.25, 0.3) is 0 Å². The first-order chi connectivity index (χ1) is 11.4. The predicted octanol–water partition coefficient (Wildman–Crippen LogP) is 4.00. The Bertz CT molecular complexity index is 683. The Morgan fingerprint density at radius 2 is 1.88 bits per heavy atom. The summed E-state index contributed by atoms with van der Waals surface area (Å²) in [5, 5.41) is 6.33. The van der Waals surface area contributed by atoms with Gasteiger partial charge in [-0.25, -0.2) is 4.98 Å². The number of hydrogen-bond acceptors (Lipinski definition) is 3. The molecule has 1 aromatic heterocycles. The summed E-state index contributed by atoms with van der Waals surface area (Å²) in [7, 11) is 1.67. The molecule has 2 rings (SSSR count).